The van der Waals surface area contributed by atoms with Gasteiger partial charge in [0.15, 0.2) is 5.78 Å². The van der Waals surface area contributed by atoms with Gasteiger partial charge in [-0.1, -0.05) is 6.92 Å². The Morgan fingerprint density at radius 1 is 1.75 bits per heavy atom. The van der Waals surface area contributed by atoms with Gasteiger partial charge in [0.05, 0.1) is 0 Å². The normalized spacial score (nSPS) is 10.2. The lowest BCUT2D eigenvalue weighted by Crippen LogP contribution is -1.91. The van der Waals surface area contributed by atoms with Crippen molar-refractivity contribution in [3.05, 3.63) is 16.1 Å². The van der Waals surface area contributed by atoms with Gasteiger partial charge in [0.1, 0.15) is 10.7 Å². The molecule has 0 unspecified atom stereocenters. The van der Waals surface area contributed by atoms with Crippen molar-refractivity contribution in [2.24, 2.45) is 0 Å². The molecule has 1 aromatic heterocycles. The van der Waals surface area contributed by atoms with Crippen LogP contribution in [0.3, 0.4) is 0 Å². The first kappa shape index (κ1) is 9.74. The van der Waals surface area contributed by atoms with E-state index in [-0.39, 0.29) is 5.78 Å². The van der Waals surface area contributed by atoms with E-state index in [4.69, 9.17) is 0 Å². The second-order valence-corrected chi connectivity index (χ2v) is 4.54. The third-order valence-corrected chi connectivity index (χ3v) is 3.26. The first-order valence-electron chi connectivity index (χ1n) is 3.77. The van der Waals surface area contributed by atoms with E-state index in [1.807, 2.05) is 17.1 Å². The maximum atomic E-state index is 10.9. The van der Waals surface area contributed by atoms with E-state index in [1.54, 1.807) is 18.3 Å². The quantitative estimate of drug-likeness (QED) is 0.701. The minimum atomic E-state index is 0.0546. The summed E-state index contributed by atoms with van der Waals surface area (Å²) in [5.74, 6) is 2.07. The number of ketones is 1. The number of carbonyl (C=O) groups excluding carboxylic acids is 1. The van der Waals surface area contributed by atoms with Crippen LogP contribution in [0.5, 0.6) is 0 Å². The highest BCUT2D eigenvalue weighted by Crippen LogP contribution is 2.16. The predicted octanol–water partition coefficient (Wildman–Crippen LogP) is 2.60. The summed E-state index contributed by atoms with van der Waals surface area (Å²) in [6.45, 7) is 3.66. The summed E-state index contributed by atoms with van der Waals surface area (Å²) < 4.78 is 0. The molecule has 1 aromatic rings. The van der Waals surface area contributed by atoms with Crippen molar-refractivity contribution in [2.45, 2.75) is 19.6 Å². The van der Waals surface area contributed by atoms with E-state index in [0.29, 0.717) is 5.69 Å². The lowest BCUT2D eigenvalue weighted by Gasteiger charge is -1.90. The monoisotopic (exact) mass is 201 g/mol. The number of Topliss-reactive ketones (excluding diaryl/α,β-unsaturated/α-hetero) is 1. The maximum Gasteiger partial charge on any atom is 0.178 e. The minimum Gasteiger partial charge on any atom is -0.293 e. The van der Waals surface area contributed by atoms with Crippen molar-refractivity contribution in [1.82, 2.24) is 4.98 Å². The summed E-state index contributed by atoms with van der Waals surface area (Å²) in [6, 6.07) is 0. The molecule has 1 heterocycles. The number of hydrogen-bond acceptors (Lipinski definition) is 4. The molecule has 0 atom stereocenters. The van der Waals surface area contributed by atoms with E-state index < -0.39 is 0 Å². The van der Waals surface area contributed by atoms with Crippen LogP contribution in [0.4, 0.5) is 0 Å². The number of carbonyl (C=O) groups is 1. The molecule has 2 nitrogen and oxygen atoms in total. The van der Waals surface area contributed by atoms with Crippen LogP contribution in [0.25, 0.3) is 0 Å². The van der Waals surface area contributed by atoms with E-state index in [9.17, 15) is 4.79 Å². The summed E-state index contributed by atoms with van der Waals surface area (Å²) in [5.41, 5.74) is 0.603. The summed E-state index contributed by atoms with van der Waals surface area (Å²) in [5, 5.41) is 2.88. The molecule has 0 aliphatic carbocycles. The standard InChI is InChI=1S/C8H11NOS2/c1-3-11-5-8-9-7(4-12-8)6(2)10/h4H,3,5H2,1-2H3. The zero-order chi connectivity index (χ0) is 8.97. The Morgan fingerprint density at radius 2 is 2.50 bits per heavy atom. The smallest absolute Gasteiger partial charge is 0.178 e. The molecule has 0 saturated heterocycles. The van der Waals surface area contributed by atoms with Gasteiger partial charge in [0.2, 0.25) is 0 Å². The zero-order valence-corrected chi connectivity index (χ0v) is 8.80. The highest BCUT2D eigenvalue weighted by atomic mass is 32.2. The van der Waals surface area contributed by atoms with Gasteiger partial charge in [-0.25, -0.2) is 4.98 Å². The molecule has 0 spiro atoms. The molecule has 0 fully saturated rings. The fourth-order valence-electron chi connectivity index (χ4n) is 0.728. The molecule has 0 aliphatic rings. The van der Waals surface area contributed by atoms with E-state index in [1.165, 1.54) is 0 Å². The molecular formula is C8H11NOS2. The molecule has 0 aliphatic heterocycles. The summed E-state index contributed by atoms with van der Waals surface area (Å²) >= 11 is 3.39. The zero-order valence-electron chi connectivity index (χ0n) is 7.16. The Kier molecular flexibility index (Phi) is 3.75. The second-order valence-electron chi connectivity index (χ2n) is 2.32. The van der Waals surface area contributed by atoms with Crippen molar-refractivity contribution in [3.8, 4) is 0 Å². The molecule has 0 radical (unpaired) electrons. The largest absolute Gasteiger partial charge is 0.293 e. The second kappa shape index (κ2) is 4.62. The first-order chi connectivity index (χ1) is 5.74. The van der Waals surface area contributed by atoms with Gasteiger partial charge >= 0.3 is 0 Å². The molecule has 4 heteroatoms. The van der Waals surface area contributed by atoms with E-state index in [0.717, 1.165) is 16.5 Å². The molecule has 66 valence electrons. The maximum absolute atomic E-state index is 10.9. The van der Waals surface area contributed by atoms with Crippen LogP contribution >= 0.6 is 23.1 Å². The SMILES string of the molecule is CCSCc1nc(C(C)=O)cs1. The molecule has 0 amide bonds. The van der Waals surface area contributed by atoms with Gasteiger partial charge < -0.3 is 0 Å². The number of aromatic nitrogens is 1. The third kappa shape index (κ3) is 2.60. The van der Waals surface area contributed by atoms with Gasteiger partial charge in [0.25, 0.3) is 0 Å². The topological polar surface area (TPSA) is 30.0 Å². The van der Waals surface area contributed by atoms with Crippen molar-refractivity contribution in [1.29, 1.82) is 0 Å². The Bertz CT molecular complexity index is 270. The number of rotatable bonds is 4. The van der Waals surface area contributed by atoms with Gasteiger partial charge in [-0.05, 0) is 5.75 Å². The lowest BCUT2D eigenvalue weighted by atomic mass is 10.4. The van der Waals surface area contributed by atoms with Gasteiger partial charge in [-0.3, -0.25) is 4.79 Å². The predicted molar refractivity (Wildman–Crippen MR) is 54.0 cm³/mol. The van der Waals surface area contributed by atoms with E-state index in [2.05, 4.69) is 11.9 Å². The molecule has 0 aromatic carbocycles. The van der Waals surface area contributed by atoms with Gasteiger partial charge in [-0.2, -0.15) is 11.8 Å². The molecule has 0 saturated carbocycles. The minimum absolute atomic E-state index is 0.0546. The molecule has 1 rings (SSSR count). The number of thioether (sulfide) groups is 1. The average molecular weight is 201 g/mol. The van der Waals surface area contributed by atoms with Crippen molar-refractivity contribution >= 4 is 28.9 Å². The number of thiazole rings is 1. The average Bonchev–Trinajstić information content (AvgIpc) is 2.48. The van der Waals surface area contributed by atoms with Gasteiger partial charge in [0, 0.05) is 18.1 Å². The van der Waals surface area contributed by atoms with Gasteiger partial charge in [-0.15, -0.1) is 11.3 Å². The Hall–Kier alpha value is -0.350. The number of nitrogens with zero attached hydrogens (tertiary/aromatic N) is 1. The van der Waals surface area contributed by atoms with Crippen LogP contribution in [0.1, 0.15) is 29.3 Å². The van der Waals surface area contributed by atoms with Crippen LogP contribution in [-0.2, 0) is 5.75 Å². The van der Waals surface area contributed by atoms with Crippen molar-refractivity contribution < 1.29 is 4.79 Å². The lowest BCUT2D eigenvalue weighted by molar-refractivity contribution is 0.101. The highest BCUT2D eigenvalue weighted by molar-refractivity contribution is 7.98. The Balaban J connectivity index is 2.58. The Morgan fingerprint density at radius 3 is 3.00 bits per heavy atom. The molecule has 0 N–H and O–H groups in total. The summed E-state index contributed by atoms with van der Waals surface area (Å²) in [7, 11) is 0. The highest BCUT2D eigenvalue weighted by Gasteiger charge is 2.04. The van der Waals surface area contributed by atoms with Crippen molar-refractivity contribution in [2.75, 3.05) is 5.75 Å². The van der Waals surface area contributed by atoms with E-state index >= 15 is 0 Å². The van der Waals surface area contributed by atoms with Crippen LogP contribution in [0, 0.1) is 0 Å². The van der Waals surface area contributed by atoms with Crippen LogP contribution in [0.15, 0.2) is 5.38 Å². The summed E-state index contributed by atoms with van der Waals surface area (Å²) in [4.78, 5) is 15.1. The van der Waals surface area contributed by atoms with Crippen molar-refractivity contribution in [3.63, 3.8) is 0 Å². The summed E-state index contributed by atoms with van der Waals surface area (Å²) in [6.07, 6.45) is 0. The van der Waals surface area contributed by atoms with Crippen LogP contribution in [0.2, 0.25) is 0 Å². The first-order valence-corrected chi connectivity index (χ1v) is 5.80. The van der Waals surface area contributed by atoms with Crippen LogP contribution in [-0.4, -0.2) is 16.5 Å². The molecule has 12 heavy (non-hydrogen) atoms. The molecular weight excluding hydrogens is 190 g/mol. The fraction of sp³-hybridized carbons (Fsp3) is 0.500. The number of hydrogen-bond donors (Lipinski definition) is 0. The fourth-order valence-corrected chi connectivity index (χ4v) is 2.31. The Labute approximate surface area is 80.4 Å². The molecule has 0 bridgehead atoms. The van der Waals surface area contributed by atoms with Crippen LogP contribution < -0.4 is 0 Å². The third-order valence-electron chi connectivity index (χ3n) is 1.34.